The average molecular weight is 335 g/mol. The normalized spacial score (nSPS) is 12.4. The molecule has 0 saturated heterocycles. The fourth-order valence-electron chi connectivity index (χ4n) is 2.82. The summed E-state index contributed by atoms with van der Waals surface area (Å²) < 4.78 is 4.09. The maximum Gasteiger partial charge on any atom is 0.0716 e. The first-order chi connectivity index (χ1) is 12.1. The van der Waals surface area contributed by atoms with Crippen molar-refractivity contribution in [1.29, 1.82) is 0 Å². The van der Waals surface area contributed by atoms with E-state index in [4.69, 9.17) is 0 Å². The molecule has 0 fully saturated rings. The zero-order valence-corrected chi connectivity index (χ0v) is 15.3. The van der Waals surface area contributed by atoms with Crippen LogP contribution >= 0.6 is 0 Å². The van der Waals surface area contributed by atoms with E-state index in [2.05, 4.69) is 65.8 Å². The van der Waals surface area contributed by atoms with Crippen LogP contribution in [-0.4, -0.2) is 24.5 Å². The van der Waals surface area contributed by atoms with Gasteiger partial charge in [0.05, 0.1) is 23.4 Å². The summed E-state index contributed by atoms with van der Waals surface area (Å²) in [5.74, 6) is 0. The molecule has 0 aliphatic heterocycles. The van der Waals surface area contributed by atoms with Gasteiger partial charge in [-0.15, -0.1) is 0 Å². The smallest absolute Gasteiger partial charge is 0.0716 e. The minimum absolute atomic E-state index is 0.407. The number of rotatable bonds is 3. The monoisotopic (exact) mass is 335 g/mol. The first kappa shape index (κ1) is 17.1. The molecular formula is C20H25N5. The lowest BCUT2D eigenvalue weighted by Crippen LogP contribution is -2.04. The van der Waals surface area contributed by atoms with Crippen molar-refractivity contribution in [2.75, 3.05) is 0 Å². The van der Waals surface area contributed by atoms with E-state index in [1.165, 1.54) is 10.9 Å². The van der Waals surface area contributed by atoms with E-state index < -0.39 is 0 Å². The lowest BCUT2D eigenvalue weighted by Gasteiger charge is -2.09. The highest BCUT2D eigenvalue weighted by molar-refractivity contribution is 5.78. The van der Waals surface area contributed by atoms with Gasteiger partial charge in [0.25, 0.3) is 0 Å². The van der Waals surface area contributed by atoms with Crippen molar-refractivity contribution in [2.24, 2.45) is 0 Å². The van der Waals surface area contributed by atoms with Gasteiger partial charge in [0.15, 0.2) is 0 Å². The zero-order valence-electron chi connectivity index (χ0n) is 15.3. The number of fused-ring (bicyclic) bond motifs is 2. The number of hydrogen-bond donors (Lipinski definition) is 0. The number of nitrogens with zero attached hydrogens (tertiary/aromatic N) is 5. The third-order valence-corrected chi connectivity index (χ3v) is 4.40. The Labute approximate surface area is 148 Å². The van der Waals surface area contributed by atoms with Crippen molar-refractivity contribution < 1.29 is 0 Å². The molecule has 0 amide bonds. The van der Waals surface area contributed by atoms with Crippen LogP contribution in [0.1, 0.15) is 46.2 Å². The van der Waals surface area contributed by atoms with Gasteiger partial charge in [-0.25, -0.2) is 0 Å². The molecule has 3 heterocycles. The third kappa shape index (κ3) is 3.55. The molecule has 4 rings (SSSR count). The van der Waals surface area contributed by atoms with Crippen LogP contribution in [-0.2, 0) is 0 Å². The molecule has 1 atom stereocenters. The first-order valence-corrected chi connectivity index (χ1v) is 8.81. The van der Waals surface area contributed by atoms with E-state index >= 15 is 0 Å². The highest BCUT2D eigenvalue weighted by atomic mass is 15.3. The van der Waals surface area contributed by atoms with Gasteiger partial charge in [-0.2, -0.15) is 10.2 Å². The number of para-hydroxylation sites is 1. The van der Waals surface area contributed by atoms with Gasteiger partial charge in [-0.1, -0.05) is 25.1 Å². The Hall–Kier alpha value is -2.69. The molecule has 1 aromatic carbocycles. The summed E-state index contributed by atoms with van der Waals surface area (Å²) in [5.41, 5.74) is 2.39. The first-order valence-electron chi connectivity index (χ1n) is 8.81. The predicted octanol–water partition coefficient (Wildman–Crippen LogP) is 5.02. The molecule has 0 spiro atoms. The summed E-state index contributed by atoms with van der Waals surface area (Å²) in [7, 11) is 0. The Morgan fingerprint density at radius 1 is 0.840 bits per heavy atom. The Balaban J connectivity index is 0.000000146. The van der Waals surface area contributed by atoms with Crippen molar-refractivity contribution in [2.45, 2.75) is 46.2 Å². The van der Waals surface area contributed by atoms with Crippen LogP contribution in [0.2, 0.25) is 0 Å². The molecule has 5 heteroatoms. The van der Waals surface area contributed by atoms with Crippen LogP contribution in [0.5, 0.6) is 0 Å². The summed E-state index contributed by atoms with van der Waals surface area (Å²) in [6.07, 6.45) is 8.53. The average Bonchev–Trinajstić information content (AvgIpc) is 3.26. The van der Waals surface area contributed by atoms with Gasteiger partial charge in [0, 0.05) is 35.2 Å². The second-order valence-corrected chi connectivity index (χ2v) is 6.52. The molecule has 3 aromatic heterocycles. The van der Waals surface area contributed by atoms with E-state index in [-0.39, 0.29) is 0 Å². The maximum absolute atomic E-state index is 4.38. The molecular weight excluding hydrogens is 310 g/mol. The molecule has 0 aliphatic rings. The quantitative estimate of drug-likeness (QED) is 0.528. The van der Waals surface area contributed by atoms with Crippen molar-refractivity contribution in [3.8, 4) is 0 Å². The van der Waals surface area contributed by atoms with Gasteiger partial charge in [0.1, 0.15) is 0 Å². The fraction of sp³-hybridized carbons (Fsp3) is 0.350. The fourth-order valence-corrected chi connectivity index (χ4v) is 2.82. The molecule has 130 valence electrons. The summed E-state index contributed by atoms with van der Waals surface area (Å²) >= 11 is 0. The summed E-state index contributed by atoms with van der Waals surface area (Å²) in [5, 5.41) is 11.0. The standard InChI is InChI=1S/C11H14N2.C9H11N3/c1-3-9(2)13-11-7-5-4-6-10(11)8-12-13;1-7(2)12-9-3-4-10-5-8(9)6-11-12/h4-9H,3H2,1-2H3;3-7H,1-2H3. The van der Waals surface area contributed by atoms with Crippen molar-refractivity contribution in [1.82, 2.24) is 24.5 Å². The second kappa shape index (κ2) is 7.47. The SMILES string of the molecule is CC(C)n1ncc2cnccc21.CCC(C)n1ncc2ccccc21. The van der Waals surface area contributed by atoms with Gasteiger partial charge in [-0.05, 0) is 39.3 Å². The van der Waals surface area contributed by atoms with Crippen LogP contribution in [0.25, 0.3) is 21.8 Å². The maximum atomic E-state index is 4.38. The number of benzene rings is 1. The van der Waals surface area contributed by atoms with Crippen LogP contribution < -0.4 is 0 Å². The minimum Gasteiger partial charge on any atom is -0.264 e. The highest BCUT2D eigenvalue weighted by Crippen LogP contribution is 2.18. The molecule has 4 aromatic rings. The summed E-state index contributed by atoms with van der Waals surface area (Å²) in [4.78, 5) is 4.03. The van der Waals surface area contributed by atoms with Crippen molar-refractivity contribution >= 4 is 21.8 Å². The summed E-state index contributed by atoms with van der Waals surface area (Å²) in [6.45, 7) is 8.61. The number of pyridine rings is 1. The van der Waals surface area contributed by atoms with Crippen LogP contribution in [0.4, 0.5) is 0 Å². The van der Waals surface area contributed by atoms with E-state index in [9.17, 15) is 0 Å². The number of hydrogen-bond acceptors (Lipinski definition) is 3. The second-order valence-electron chi connectivity index (χ2n) is 6.52. The van der Waals surface area contributed by atoms with Crippen LogP contribution in [0.15, 0.2) is 55.1 Å². The van der Waals surface area contributed by atoms with Crippen LogP contribution in [0.3, 0.4) is 0 Å². The van der Waals surface area contributed by atoms with Gasteiger partial charge < -0.3 is 0 Å². The largest absolute Gasteiger partial charge is 0.264 e. The van der Waals surface area contributed by atoms with E-state index in [0.29, 0.717) is 12.1 Å². The van der Waals surface area contributed by atoms with E-state index in [1.54, 1.807) is 6.20 Å². The van der Waals surface area contributed by atoms with Crippen molar-refractivity contribution in [3.63, 3.8) is 0 Å². The van der Waals surface area contributed by atoms with Gasteiger partial charge in [0.2, 0.25) is 0 Å². The molecule has 5 nitrogen and oxygen atoms in total. The van der Waals surface area contributed by atoms with Crippen LogP contribution in [0, 0.1) is 0 Å². The predicted molar refractivity (Wildman–Crippen MR) is 103 cm³/mol. The molecule has 0 N–H and O–H groups in total. The Kier molecular flexibility index (Phi) is 5.12. The molecule has 25 heavy (non-hydrogen) atoms. The lowest BCUT2D eigenvalue weighted by atomic mass is 10.2. The summed E-state index contributed by atoms with van der Waals surface area (Å²) in [6, 6.07) is 11.2. The van der Waals surface area contributed by atoms with E-state index in [0.717, 1.165) is 17.3 Å². The molecule has 0 bridgehead atoms. The molecule has 0 aliphatic carbocycles. The third-order valence-electron chi connectivity index (χ3n) is 4.40. The Morgan fingerprint density at radius 2 is 1.52 bits per heavy atom. The Morgan fingerprint density at radius 3 is 2.28 bits per heavy atom. The molecule has 1 unspecified atom stereocenters. The molecule has 0 saturated carbocycles. The number of aromatic nitrogens is 5. The van der Waals surface area contributed by atoms with E-state index in [1.807, 2.05) is 35.4 Å². The zero-order chi connectivity index (χ0) is 17.8. The van der Waals surface area contributed by atoms with Gasteiger partial charge in [-0.3, -0.25) is 14.3 Å². The topological polar surface area (TPSA) is 48.5 Å². The molecule has 0 radical (unpaired) electrons. The van der Waals surface area contributed by atoms with Crippen molar-refractivity contribution in [3.05, 3.63) is 55.1 Å². The Bertz CT molecular complexity index is 951. The lowest BCUT2D eigenvalue weighted by molar-refractivity contribution is 0.493. The van der Waals surface area contributed by atoms with Gasteiger partial charge >= 0.3 is 0 Å². The highest BCUT2D eigenvalue weighted by Gasteiger charge is 2.06. The minimum atomic E-state index is 0.407.